The van der Waals surface area contributed by atoms with Crippen molar-refractivity contribution in [3.63, 3.8) is 0 Å². The van der Waals surface area contributed by atoms with Gasteiger partial charge in [-0.25, -0.2) is 8.42 Å². The third kappa shape index (κ3) is 2.77. The van der Waals surface area contributed by atoms with E-state index in [1.165, 1.54) is 32.1 Å². The van der Waals surface area contributed by atoms with Crippen LogP contribution in [0.4, 0.5) is 0 Å². The van der Waals surface area contributed by atoms with Gasteiger partial charge in [-0.05, 0) is 44.1 Å². The summed E-state index contributed by atoms with van der Waals surface area (Å²) in [6.45, 7) is 2.62. The molecule has 3 atom stereocenters. The molecule has 20 heavy (non-hydrogen) atoms. The smallest absolute Gasteiger partial charge is 0.152 e. The number of nitrogens with two attached hydrogens (primary N) is 1. The van der Waals surface area contributed by atoms with Crippen molar-refractivity contribution >= 4 is 9.84 Å². The Morgan fingerprint density at radius 3 is 2.55 bits per heavy atom. The molecular formula is C15H28N2O2S. The summed E-state index contributed by atoms with van der Waals surface area (Å²) in [7, 11) is -2.90. The topological polar surface area (TPSA) is 63.4 Å². The predicted molar refractivity (Wildman–Crippen MR) is 81.3 cm³/mol. The normalized spacial score (nSPS) is 42.0. The molecule has 3 rings (SSSR count). The Hall–Kier alpha value is -0.130. The largest absolute Gasteiger partial charge is 0.329 e. The molecule has 3 unspecified atom stereocenters. The molecule has 116 valence electrons. The van der Waals surface area contributed by atoms with E-state index in [0.717, 1.165) is 37.8 Å². The van der Waals surface area contributed by atoms with Crippen LogP contribution in [-0.2, 0) is 9.84 Å². The summed E-state index contributed by atoms with van der Waals surface area (Å²) in [6, 6.07) is 0. The van der Waals surface area contributed by atoms with Crippen LogP contribution in [0.2, 0.25) is 0 Å². The second-order valence-electron chi connectivity index (χ2n) is 7.16. The molecule has 1 saturated carbocycles. The number of hydrogen-bond donors (Lipinski definition) is 1. The van der Waals surface area contributed by atoms with Gasteiger partial charge in [0, 0.05) is 18.6 Å². The maximum atomic E-state index is 12.1. The molecule has 5 heteroatoms. The molecule has 0 aromatic rings. The summed E-state index contributed by atoms with van der Waals surface area (Å²) in [6.07, 6.45) is 8.43. The fraction of sp³-hybridized carbons (Fsp3) is 1.00. The Morgan fingerprint density at radius 1 is 1.10 bits per heavy atom. The van der Waals surface area contributed by atoms with Gasteiger partial charge in [0.1, 0.15) is 0 Å². The van der Waals surface area contributed by atoms with Gasteiger partial charge in [0.05, 0.1) is 11.5 Å². The van der Waals surface area contributed by atoms with Gasteiger partial charge >= 0.3 is 0 Å². The van der Waals surface area contributed by atoms with Crippen molar-refractivity contribution in [2.75, 3.05) is 31.1 Å². The highest BCUT2D eigenvalue weighted by atomic mass is 32.2. The van der Waals surface area contributed by atoms with Crippen molar-refractivity contribution in [3.8, 4) is 0 Å². The average molecular weight is 300 g/mol. The summed E-state index contributed by atoms with van der Waals surface area (Å²) in [5, 5.41) is 0. The molecule has 0 aromatic heterocycles. The van der Waals surface area contributed by atoms with E-state index in [1.54, 1.807) is 0 Å². The summed E-state index contributed by atoms with van der Waals surface area (Å²) in [5.41, 5.74) is 5.79. The van der Waals surface area contributed by atoms with E-state index in [2.05, 4.69) is 4.90 Å². The Bertz CT molecular complexity index is 451. The molecule has 0 bridgehead atoms. The van der Waals surface area contributed by atoms with E-state index < -0.39 is 9.84 Å². The second kappa shape index (κ2) is 5.58. The first-order valence-electron chi connectivity index (χ1n) is 8.20. The van der Waals surface area contributed by atoms with Gasteiger partial charge in [-0.1, -0.05) is 19.3 Å². The van der Waals surface area contributed by atoms with E-state index in [1.807, 2.05) is 0 Å². The first-order chi connectivity index (χ1) is 9.55. The molecule has 2 N–H and O–H groups in total. The van der Waals surface area contributed by atoms with Crippen molar-refractivity contribution in [3.05, 3.63) is 0 Å². The van der Waals surface area contributed by atoms with Crippen LogP contribution >= 0.6 is 0 Å². The maximum absolute atomic E-state index is 12.1. The van der Waals surface area contributed by atoms with Gasteiger partial charge in [0.2, 0.25) is 0 Å². The van der Waals surface area contributed by atoms with Gasteiger partial charge in [0.25, 0.3) is 0 Å². The highest BCUT2D eigenvalue weighted by Gasteiger charge is 2.45. The maximum Gasteiger partial charge on any atom is 0.152 e. The van der Waals surface area contributed by atoms with Crippen LogP contribution in [0, 0.1) is 11.8 Å². The SMILES string of the molecule is NCC1(N2CCC3CCCCC3C2)CCCS(=O)(=O)C1. The van der Waals surface area contributed by atoms with Crippen LogP contribution in [0.15, 0.2) is 0 Å². The van der Waals surface area contributed by atoms with Crippen molar-refractivity contribution in [1.82, 2.24) is 4.90 Å². The van der Waals surface area contributed by atoms with Crippen molar-refractivity contribution in [2.24, 2.45) is 17.6 Å². The van der Waals surface area contributed by atoms with Gasteiger partial charge in [-0.2, -0.15) is 0 Å². The lowest BCUT2D eigenvalue weighted by Crippen LogP contribution is -2.63. The van der Waals surface area contributed by atoms with Crippen LogP contribution < -0.4 is 5.73 Å². The molecule has 0 radical (unpaired) electrons. The summed E-state index contributed by atoms with van der Waals surface area (Å²) < 4.78 is 24.1. The third-order valence-corrected chi connectivity index (χ3v) is 7.82. The highest BCUT2D eigenvalue weighted by Crippen LogP contribution is 2.40. The summed E-state index contributed by atoms with van der Waals surface area (Å²) in [4.78, 5) is 2.45. The molecule has 2 aliphatic heterocycles. The van der Waals surface area contributed by atoms with Crippen molar-refractivity contribution in [1.29, 1.82) is 0 Å². The molecule has 0 amide bonds. The van der Waals surface area contributed by atoms with Crippen LogP contribution in [-0.4, -0.2) is 50.0 Å². The van der Waals surface area contributed by atoms with E-state index >= 15 is 0 Å². The van der Waals surface area contributed by atoms with E-state index in [0.29, 0.717) is 12.3 Å². The van der Waals surface area contributed by atoms with Crippen molar-refractivity contribution < 1.29 is 8.42 Å². The fourth-order valence-corrected chi connectivity index (χ4v) is 6.74. The van der Waals surface area contributed by atoms with Gasteiger partial charge < -0.3 is 5.73 Å². The van der Waals surface area contributed by atoms with Crippen molar-refractivity contribution in [2.45, 2.75) is 50.5 Å². The molecule has 4 nitrogen and oxygen atoms in total. The Morgan fingerprint density at radius 2 is 1.85 bits per heavy atom. The average Bonchev–Trinajstić information content (AvgIpc) is 2.45. The number of hydrogen-bond acceptors (Lipinski definition) is 4. The minimum Gasteiger partial charge on any atom is -0.329 e. The number of nitrogens with zero attached hydrogens (tertiary/aromatic N) is 1. The molecule has 0 aromatic carbocycles. The van der Waals surface area contributed by atoms with E-state index in [-0.39, 0.29) is 11.3 Å². The number of fused-ring (bicyclic) bond motifs is 1. The molecule has 2 saturated heterocycles. The Balaban J connectivity index is 1.76. The van der Waals surface area contributed by atoms with Crippen LogP contribution in [0.25, 0.3) is 0 Å². The molecule has 1 aliphatic carbocycles. The first-order valence-corrected chi connectivity index (χ1v) is 10.0. The number of likely N-dealkylation sites (tertiary alicyclic amines) is 1. The quantitative estimate of drug-likeness (QED) is 0.837. The molecule has 3 fully saturated rings. The van der Waals surface area contributed by atoms with Crippen LogP contribution in [0.1, 0.15) is 44.9 Å². The fourth-order valence-electron chi connectivity index (χ4n) is 4.75. The number of rotatable bonds is 2. The van der Waals surface area contributed by atoms with Gasteiger partial charge in [-0.3, -0.25) is 4.90 Å². The second-order valence-corrected chi connectivity index (χ2v) is 9.35. The Labute approximate surface area is 123 Å². The minimum absolute atomic E-state index is 0.264. The molecule has 2 heterocycles. The van der Waals surface area contributed by atoms with E-state index in [4.69, 9.17) is 5.73 Å². The number of piperidine rings is 1. The first kappa shape index (κ1) is 14.8. The standard InChI is InChI=1S/C15H28N2O2S/c16-11-15(7-3-9-20(18,19)12-15)17-8-6-13-4-1-2-5-14(13)10-17/h13-14H,1-12,16H2. The Kier molecular flexibility index (Phi) is 4.13. The monoisotopic (exact) mass is 300 g/mol. The van der Waals surface area contributed by atoms with Crippen LogP contribution in [0.3, 0.4) is 0 Å². The summed E-state index contributed by atoms with van der Waals surface area (Å²) in [5.74, 6) is 2.31. The molecule has 3 aliphatic rings. The third-order valence-electron chi connectivity index (χ3n) is 5.93. The number of sulfone groups is 1. The summed E-state index contributed by atoms with van der Waals surface area (Å²) >= 11 is 0. The molecular weight excluding hydrogens is 272 g/mol. The lowest BCUT2D eigenvalue weighted by molar-refractivity contribution is 0.0114. The lowest BCUT2D eigenvalue weighted by atomic mass is 9.73. The zero-order valence-corrected chi connectivity index (χ0v) is 13.2. The zero-order valence-electron chi connectivity index (χ0n) is 12.4. The minimum atomic E-state index is -2.90. The van der Waals surface area contributed by atoms with E-state index in [9.17, 15) is 8.42 Å². The van der Waals surface area contributed by atoms with Gasteiger partial charge in [-0.15, -0.1) is 0 Å². The highest BCUT2D eigenvalue weighted by molar-refractivity contribution is 7.91. The zero-order chi connectivity index (χ0) is 14.2. The predicted octanol–water partition coefficient (Wildman–Crippen LogP) is 1.40. The molecule has 0 spiro atoms. The van der Waals surface area contributed by atoms with Crippen LogP contribution in [0.5, 0.6) is 0 Å². The lowest BCUT2D eigenvalue weighted by Gasteiger charge is -2.51. The van der Waals surface area contributed by atoms with Gasteiger partial charge in [0.15, 0.2) is 9.84 Å².